The largest absolute Gasteiger partial charge is 0.392 e. The fourth-order valence-electron chi connectivity index (χ4n) is 2.05. The van der Waals surface area contributed by atoms with E-state index in [-0.39, 0.29) is 17.5 Å². The molecule has 1 aromatic rings. The van der Waals surface area contributed by atoms with Gasteiger partial charge in [-0.2, -0.15) is 0 Å². The monoisotopic (exact) mass is 301 g/mol. The van der Waals surface area contributed by atoms with Crippen LogP contribution in [-0.4, -0.2) is 33.3 Å². The Morgan fingerprint density at radius 3 is 2.45 bits per heavy atom. The number of ether oxygens (including phenoxy) is 1. The Hall–Kier alpha value is -0.950. The molecule has 0 aliphatic rings. The van der Waals surface area contributed by atoms with Crippen LogP contribution in [0.4, 0.5) is 0 Å². The maximum Gasteiger partial charge on any atom is 0.241 e. The third-order valence-corrected chi connectivity index (χ3v) is 4.94. The van der Waals surface area contributed by atoms with Crippen LogP contribution in [0.3, 0.4) is 0 Å². The lowest BCUT2D eigenvalue weighted by Gasteiger charge is -2.18. The molecule has 1 rings (SSSR count). The third-order valence-electron chi connectivity index (χ3n) is 3.28. The molecule has 0 aliphatic heterocycles. The van der Waals surface area contributed by atoms with Gasteiger partial charge in [-0.3, -0.25) is 0 Å². The van der Waals surface area contributed by atoms with Crippen molar-refractivity contribution in [3.8, 4) is 0 Å². The second-order valence-corrected chi connectivity index (χ2v) is 6.57. The number of sulfonamides is 1. The molecule has 0 aromatic heterocycles. The van der Waals surface area contributed by atoms with Gasteiger partial charge >= 0.3 is 0 Å². The highest BCUT2D eigenvalue weighted by atomic mass is 32.2. The van der Waals surface area contributed by atoms with Gasteiger partial charge in [0.1, 0.15) is 0 Å². The van der Waals surface area contributed by atoms with Gasteiger partial charge in [0.2, 0.25) is 10.0 Å². The molecule has 6 heteroatoms. The van der Waals surface area contributed by atoms with Gasteiger partial charge in [0.25, 0.3) is 0 Å². The highest BCUT2D eigenvalue weighted by Gasteiger charge is 2.21. The van der Waals surface area contributed by atoms with Crippen molar-refractivity contribution < 1.29 is 18.3 Å². The second-order valence-electron chi connectivity index (χ2n) is 4.88. The van der Waals surface area contributed by atoms with Crippen molar-refractivity contribution in [2.75, 3.05) is 13.7 Å². The first-order valence-corrected chi connectivity index (χ1v) is 8.06. The number of benzene rings is 1. The lowest BCUT2D eigenvalue weighted by Crippen LogP contribution is -2.37. The summed E-state index contributed by atoms with van der Waals surface area (Å²) >= 11 is 0. The first-order chi connectivity index (χ1) is 9.35. The summed E-state index contributed by atoms with van der Waals surface area (Å²) < 4.78 is 32.5. The minimum atomic E-state index is -3.61. The maximum atomic E-state index is 12.4. The number of aliphatic hydroxyl groups excluding tert-OH is 1. The number of aliphatic hydroxyl groups is 1. The molecular formula is C14H23NO4S. The number of hydrogen-bond acceptors (Lipinski definition) is 4. The van der Waals surface area contributed by atoms with E-state index >= 15 is 0 Å². The quantitative estimate of drug-likeness (QED) is 0.800. The van der Waals surface area contributed by atoms with E-state index in [1.165, 1.54) is 13.2 Å². The lowest BCUT2D eigenvalue weighted by atomic mass is 10.1. The Labute approximate surface area is 121 Å². The summed E-state index contributed by atoms with van der Waals surface area (Å²) in [6.45, 7) is 5.65. The molecule has 0 aliphatic carbocycles. The van der Waals surface area contributed by atoms with Crippen LogP contribution in [-0.2, 0) is 21.4 Å². The fourth-order valence-corrected chi connectivity index (χ4v) is 3.63. The van der Waals surface area contributed by atoms with Gasteiger partial charge in [0, 0.05) is 13.2 Å². The Morgan fingerprint density at radius 1 is 1.30 bits per heavy atom. The molecule has 0 saturated carbocycles. The second kappa shape index (κ2) is 7.17. The topological polar surface area (TPSA) is 75.6 Å². The molecule has 1 atom stereocenters. The van der Waals surface area contributed by atoms with E-state index in [0.717, 1.165) is 5.56 Å². The maximum absolute atomic E-state index is 12.4. The Morgan fingerprint density at radius 2 is 1.95 bits per heavy atom. The molecule has 0 heterocycles. The molecule has 0 radical (unpaired) electrons. The van der Waals surface area contributed by atoms with E-state index in [9.17, 15) is 13.5 Å². The smallest absolute Gasteiger partial charge is 0.241 e. The minimum Gasteiger partial charge on any atom is -0.392 e. The molecular weight excluding hydrogens is 278 g/mol. The van der Waals surface area contributed by atoms with E-state index in [2.05, 4.69) is 4.72 Å². The Bertz CT molecular complexity index is 555. The molecule has 0 amide bonds. The van der Waals surface area contributed by atoms with Crippen LogP contribution < -0.4 is 4.72 Å². The molecule has 1 aromatic carbocycles. The molecule has 0 saturated heterocycles. The van der Waals surface area contributed by atoms with Crippen molar-refractivity contribution >= 4 is 10.0 Å². The van der Waals surface area contributed by atoms with Crippen molar-refractivity contribution in [1.82, 2.24) is 4.72 Å². The van der Waals surface area contributed by atoms with E-state index in [0.29, 0.717) is 24.2 Å². The highest BCUT2D eigenvalue weighted by molar-refractivity contribution is 7.89. The zero-order valence-electron chi connectivity index (χ0n) is 12.4. The average molecular weight is 301 g/mol. The number of methoxy groups -OCH3 is 1. The van der Waals surface area contributed by atoms with Gasteiger partial charge in [0.05, 0.1) is 18.1 Å². The van der Waals surface area contributed by atoms with E-state index in [1.807, 2.05) is 13.8 Å². The van der Waals surface area contributed by atoms with Crippen molar-refractivity contribution in [2.45, 2.75) is 44.7 Å². The van der Waals surface area contributed by atoms with Gasteiger partial charge in [-0.1, -0.05) is 13.0 Å². The van der Waals surface area contributed by atoms with Crippen molar-refractivity contribution in [2.24, 2.45) is 0 Å². The molecule has 5 nitrogen and oxygen atoms in total. The zero-order valence-corrected chi connectivity index (χ0v) is 13.3. The predicted molar refractivity (Wildman–Crippen MR) is 78.1 cm³/mol. The van der Waals surface area contributed by atoms with Crippen LogP contribution in [0, 0.1) is 13.8 Å². The Balaban J connectivity index is 3.15. The minimum absolute atomic E-state index is 0.177. The standard InChI is InChI=1S/C14H23NO4S/c1-5-13(9-19-4)15-20(17,18)14-7-12(8-16)10(2)6-11(14)3/h6-7,13,15-16H,5,8-9H2,1-4H3. The molecule has 2 N–H and O–H groups in total. The van der Waals surface area contributed by atoms with Crippen LogP contribution >= 0.6 is 0 Å². The van der Waals surface area contributed by atoms with Gasteiger partial charge in [-0.15, -0.1) is 0 Å². The summed E-state index contributed by atoms with van der Waals surface area (Å²) in [5, 5.41) is 9.28. The first kappa shape index (κ1) is 17.1. The number of rotatable bonds is 7. The van der Waals surface area contributed by atoms with Crippen LogP contribution in [0.2, 0.25) is 0 Å². The van der Waals surface area contributed by atoms with Gasteiger partial charge in [-0.25, -0.2) is 13.1 Å². The summed E-state index contributed by atoms with van der Waals surface area (Å²) in [6.07, 6.45) is 0.644. The van der Waals surface area contributed by atoms with Crippen LogP contribution in [0.25, 0.3) is 0 Å². The predicted octanol–water partition coefficient (Wildman–Crippen LogP) is 1.50. The van der Waals surface area contributed by atoms with Crippen LogP contribution in [0.15, 0.2) is 17.0 Å². The summed E-state index contributed by atoms with van der Waals surface area (Å²) in [4.78, 5) is 0.210. The average Bonchev–Trinajstić information content (AvgIpc) is 2.37. The Kier molecular flexibility index (Phi) is 6.13. The summed E-state index contributed by atoms with van der Waals surface area (Å²) in [6, 6.07) is 3.05. The number of hydrogen-bond donors (Lipinski definition) is 2. The first-order valence-electron chi connectivity index (χ1n) is 6.58. The lowest BCUT2D eigenvalue weighted by molar-refractivity contribution is 0.173. The zero-order chi connectivity index (χ0) is 15.3. The summed E-state index contributed by atoms with van der Waals surface area (Å²) in [5.74, 6) is 0. The summed E-state index contributed by atoms with van der Waals surface area (Å²) in [5.41, 5.74) is 2.17. The number of nitrogens with one attached hydrogen (secondary N) is 1. The van der Waals surface area contributed by atoms with Crippen LogP contribution in [0.5, 0.6) is 0 Å². The van der Waals surface area contributed by atoms with Crippen molar-refractivity contribution in [3.63, 3.8) is 0 Å². The fraction of sp³-hybridized carbons (Fsp3) is 0.571. The molecule has 0 spiro atoms. The van der Waals surface area contributed by atoms with Crippen molar-refractivity contribution in [3.05, 3.63) is 28.8 Å². The highest BCUT2D eigenvalue weighted by Crippen LogP contribution is 2.21. The molecule has 1 unspecified atom stereocenters. The van der Waals surface area contributed by atoms with Crippen molar-refractivity contribution in [1.29, 1.82) is 0 Å². The number of aryl methyl sites for hydroxylation is 2. The molecule has 114 valence electrons. The van der Waals surface area contributed by atoms with Gasteiger partial charge < -0.3 is 9.84 Å². The van der Waals surface area contributed by atoms with E-state index in [1.54, 1.807) is 13.0 Å². The normalized spacial score (nSPS) is 13.4. The van der Waals surface area contributed by atoms with Gasteiger partial charge in [0.15, 0.2) is 0 Å². The third kappa shape index (κ3) is 4.02. The van der Waals surface area contributed by atoms with Gasteiger partial charge in [-0.05, 0) is 43.0 Å². The summed E-state index contributed by atoms with van der Waals surface area (Å²) in [7, 11) is -2.08. The SMILES string of the molecule is CCC(COC)NS(=O)(=O)c1cc(CO)c(C)cc1C. The van der Waals surface area contributed by atoms with Crippen LogP contribution in [0.1, 0.15) is 30.0 Å². The van der Waals surface area contributed by atoms with E-state index in [4.69, 9.17) is 4.74 Å². The molecule has 0 fully saturated rings. The van der Waals surface area contributed by atoms with E-state index < -0.39 is 10.0 Å². The molecule has 20 heavy (non-hydrogen) atoms. The molecule has 0 bridgehead atoms.